The Morgan fingerprint density at radius 1 is 0.511 bits per heavy atom. The molecule has 1 N–H and O–H groups in total. The minimum absolute atomic E-state index is 0.100. The molecule has 0 bridgehead atoms. The fourth-order valence-electron chi connectivity index (χ4n) is 4.37. The van der Waals surface area contributed by atoms with E-state index in [-0.39, 0.29) is 31.6 Å². The maximum absolute atomic E-state index is 12.1. The minimum atomic E-state index is -0.809. The SMILES string of the molecule is CC/C=C\C/C=C\C/C=C\C/C=C\C/C=C\C/C=C\C/C=C\CCCC(=O)OC(CO)COC(=O)CCCCCCC/C=C\CCC. The van der Waals surface area contributed by atoms with Crippen LogP contribution in [0.5, 0.6) is 0 Å². The molecule has 264 valence electrons. The molecular weight excluding hydrogens is 584 g/mol. The van der Waals surface area contributed by atoms with E-state index >= 15 is 0 Å². The average Bonchev–Trinajstić information content (AvgIpc) is 3.07. The minimum Gasteiger partial charge on any atom is -0.462 e. The number of carbonyl (C=O) groups is 2. The van der Waals surface area contributed by atoms with Gasteiger partial charge in [0.2, 0.25) is 0 Å². The summed E-state index contributed by atoms with van der Waals surface area (Å²) in [7, 11) is 0. The van der Waals surface area contributed by atoms with Gasteiger partial charge in [-0.25, -0.2) is 0 Å². The molecule has 0 fully saturated rings. The number of hydrogen-bond acceptors (Lipinski definition) is 5. The monoisotopic (exact) mass is 650 g/mol. The first-order chi connectivity index (χ1) is 23.1. The van der Waals surface area contributed by atoms with Crippen molar-refractivity contribution in [3.05, 3.63) is 97.2 Å². The van der Waals surface area contributed by atoms with E-state index in [0.29, 0.717) is 12.8 Å². The molecule has 0 aliphatic heterocycles. The lowest BCUT2D eigenvalue weighted by Gasteiger charge is -2.15. The van der Waals surface area contributed by atoms with Crippen LogP contribution >= 0.6 is 0 Å². The average molecular weight is 651 g/mol. The molecule has 0 aromatic heterocycles. The molecule has 1 atom stereocenters. The van der Waals surface area contributed by atoms with Gasteiger partial charge in [-0.2, -0.15) is 0 Å². The highest BCUT2D eigenvalue weighted by molar-refractivity contribution is 5.70. The first-order valence-electron chi connectivity index (χ1n) is 18.3. The smallest absolute Gasteiger partial charge is 0.306 e. The lowest BCUT2D eigenvalue weighted by atomic mass is 10.1. The van der Waals surface area contributed by atoms with Gasteiger partial charge in [-0.3, -0.25) is 9.59 Å². The van der Waals surface area contributed by atoms with Crippen LogP contribution in [-0.4, -0.2) is 36.4 Å². The molecule has 1 unspecified atom stereocenters. The van der Waals surface area contributed by atoms with Crippen molar-refractivity contribution >= 4 is 11.9 Å². The van der Waals surface area contributed by atoms with E-state index in [1.807, 2.05) is 0 Å². The van der Waals surface area contributed by atoms with Crippen LogP contribution < -0.4 is 0 Å². The summed E-state index contributed by atoms with van der Waals surface area (Å²) in [6.45, 7) is 3.87. The van der Waals surface area contributed by atoms with Gasteiger partial charge >= 0.3 is 11.9 Å². The highest BCUT2D eigenvalue weighted by Crippen LogP contribution is 2.09. The topological polar surface area (TPSA) is 72.8 Å². The number of rotatable bonds is 31. The molecule has 0 spiro atoms. The van der Waals surface area contributed by atoms with E-state index in [4.69, 9.17) is 9.47 Å². The van der Waals surface area contributed by atoms with Crippen LogP contribution in [0.2, 0.25) is 0 Å². The number of aliphatic hydroxyl groups is 1. The Labute approximate surface area is 288 Å². The van der Waals surface area contributed by atoms with Gasteiger partial charge in [-0.05, 0) is 83.5 Å². The zero-order chi connectivity index (χ0) is 34.3. The molecule has 0 rings (SSSR count). The summed E-state index contributed by atoms with van der Waals surface area (Å²) in [5, 5.41) is 9.51. The summed E-state index contributed by atoms with van der Waals surface area (Å²) in [4.78, 5) is 24.1. The lowest BCUT2D eigenvalue weighted by Crippen LogP contribution is -2.28. The fraction of sp³-hybridized carbons (Fsp3) is 0.571. The van der Waals surface area contributed by atoms with Crippen molar-refractivity contribution in [1.29, 1.82) is 0 Å². The number of esters is 2. The fourth-order valence-corrected chi connectivity index (χ4v) is 4.37. The van der Waals surface area contributed by atoms with E-state index in [2.05, 4.69) is 111 Å². The summed E-state index contributed by atoms with van der Waals surface area (Å²) >= 11 is 0. The quantitative estimate of drug-likeness (QED) is 0.0459. The summed E-state index contributed by atoms with van der Waals surface area (Å²) < 4.78 is 10.5. The van der Waals surface area contributed by atoms with Gasteiger partial charge in [0.15, 0.2) is 6.10 Å². The highest BCUT2D eigenvalue weighted by atomic mass is 16.6. The Morgan fingerprint density at radius 2 is 0.936 bits per heavy atom. The Kier molecular flexibility index (Phi) is 34.8. The molecule has 5 nitrogen and oxygen atoms in total. The maximum atomic E-state index is 12.1. The number of ether oxygens (including phenoxy) is 2. The molecular formula is C42H66O5. The van der Waals surface area contributed by atoms with Crippen molar-refractivity contribution in [3.8, 4) is 0 Å². The maximum Gasteiger partial charge on any atom is 0.306 e. The number of carbonyl (C=O) groups excluding carboxylic acids is 2. The zero-order valence-corrected chi connectivity index (χ0v) is 29.7. The van der Waals surface area contributed by atoms with Crippen molar-refractivity contribution in [1.82, 2.24) is 0 Å². The van der Waals surface area contributed by atoms with Crippen molar-refractivity contribution in [3.63, 3.8) is 0 Å². The van der Waals surface area contributed by atoms with Crippen LogP contribution in [0.3, 0.4) is 0 Å². The molecule has 0 aliphatic carbocycles. The third-order valence-corrected chi connectivity index (χ3v) is 7.09. The molecule has 0 saturated heterocycles. The van der Waals surface area contributed by atoms with Crippen LogP contribution in [0.25, 0.3) is 0 Å². The Balaban J connectivity index is 3.76. The molecule has 47 heavy (non-hydrogen) atoms. The molecule has 5 heteroatoms. The highest BCUT2D eigenvalue weighted by Gasteiger charge is 2.15. The van der Waals surface area contributed by atoms with Gasteiger partial charge in [0.25, 0.3) is 0 Å². The van der Waals surface area contributed by atoms with Crippen LogP contribution in [0.4, 0.5) is 0 Å². The van der Waals surface area contributed by atoms with E-state index in [0.717, 1.165) is 83.5 Å². The molecule has 0 aromatic rings. The second-order valence-electron chi connectivity index (χ2n) is 11.6. The summed E-state index contributed by atoms with van der Waals surface area (Å²) in [5.74, 6) is -0.686. The number of hydrogen-bond donors (Lipinski definition) is 1. The van der Waals surface area contributed by atoms with Crippen LogP contribution in [0.15, 0.2) is 97.2 Å². The van der Waals surface area contributed by atoms with Crippen LogP contribution in [-0.2, 0) is 19.1 Å². The van der Waals surface area contributed by atoms with Crippen molar-refractivity contribution < 1.29 is 24.2 Å². The van der Waals surface area contributed by atoms with E-state index in [9.17, 15) is 14.7 Å². The molecule has 0 heterocycles. The van der Waals surface area contributed by atoms with Gasteiger partial charge in [-0.15, -0.1) is 0 Å². The number of aliphatic hydroxyl groups excluding tert-OH is 1. The molecule has 0 radical (unpaired) electrons. The summed E-state index contributed by atoms with van der Waals surface area (Å²) in [6.07, 6.45) is 51.9. The molecule has 0 amide bonds. The Hall–Kier alpha value is -3.18. The lowest BCUT2D eigenvalue weighted by molar-refractivity contribution is -0.161. The second kappa shape index (κ2) is 37.3. The van der Waals surface area contributed by atoms with Crippen molar-refractivity contribution in [2.75, 3.05) is 13.2 Å². The molecule has 0 saturated carbocycles. The Bertz CT molecular complexity index is 964. The van der Waals surface area contributed by atoms with Crippen LogP contribution in [0, 0.1) is 0 Å². The molecule has 0 aliphatic rings. The predicted molar refractivity (Wildman–Crippen MR) is 200 cm³/mol. The van der Waals surface area contributed by atoms with E-state index in [1.54, 1.807) is 0 Å². The van der Waals surface area contributed by atoms with Crippen molar-refractivity contribution in [2.45, 2.75) is 142 Å². The largest absolute Gasteiger partial charge is 0.462 e. The zero-order valence-electron chi connectivity index (χ0n) is 29.7. The van der Waals surface area contributed by atoms with Crippen LogP contribution in [0.1, 0.15) is 136 Å². The summed E-state index contributed by atoms with van der Waals surface area (Å²) in [5.41, 5.74) is 0. The van der Waals surface area contributed by atoms with Gasteiger partial charge < -0.3 is 14.6 Å². The van der Waals surface area contributed by atoms with E-state index < -0.39 is 6.10 Å². The standard InChI is InChI=1S/C42H66O5/c1-3-5-7-9-11-13-15-16-17-18-19-20-21-22-23-24-25-26-27-29-31-33-35-37-42(45)47-40(38-43)39-46-41(44)36-34-32-30-28-14-12-10-8-6-4-2/h5,7-8,10-11,13,16-17,19-20,22-23,25-26,29,31,40,43H,3-4,6,9,12,14-15,18,21,24,27-28,30,32-39H2,1-2H3/b7-5-,10-8-,13-11-,17-16-,20-19-,23-22-,26-25-,31-29-. The van der Waals surface area contributed by atoms with Gasteiger partial charge in [0.05, 0.1) is 6.61 Å². The first kappa shape index (κ1) is 43.8. The third kappa shape index (κ3) is 35.5. The normalized spacial score (nSPS) is 13.3. The Morgan fingerprint density at radius 3 is 1.47 bits per heavy atom. The van der Waals surface area contributed by atoms with Gasteiger partial charge in [0.1, 0.15) is 6.61 Å². The third-order valence-electron chi connectivity index (χ3n) is 7.09. The van der Waals surface area contributed by atoms with E-state index in [1.165, 1.54) is 19.3 Å². The first-order valence-corrected chi connectivity index (χ1v) is 18.3. The van der Waals surface area contributed by atoms with Crippen molar-refractivity contribution in [2.24, 2.45) is 0 Å². The predicted octanol–water partition coefficient (Wildman–Crippen LogP) is 11.3. The summed E-state index contributed by atoms with van der Waals surface area (Å²) in [6, 6.07) is 0. The number of allylic oxidation sites excluding steroid dienone is 16. The van der Waals surface area contributed by atoms with Gasteiger partial charge in [0, 0.05) is 12.8 Å². The number of unbranched alkanes of at least 4 members (excludes halogenated alkanes) is 7. The van der Waals surface area contributed by atoms with Gasteiger partial charge in [-0.1, -0.05) is 137 Å². The molecule has 0 aromatic carbocycles. The second-order valence-corrected chi connectivity index (χ2v) is 11.6.